The Hall–Kier alpha value is -10.0. The van der Waals surface area contributed by atoms with Crippen LogP contribution in [0.2, 0.25) is 0 Å². The number of carbonyl (C=O) groups excluding carboxylic acids is 4. The highest BCUT2D eigenvalue weighted by atomic mass is 19.4. The summed E-state index contributed by atoms with van der Waals surface area (Å²) in [6.07, 6.45) is 8.80. The highest BCUT2D eigenvalue weighted by Gasteiger charge is 2.32. The van der Waals surface area contributed by atoms with E-state index in [9.17, 15) is 32.3 Å². The van der Waals surface area contributed by atoms with Crippen LogP contribution in [0.1, 0.15) is 111 Å². The molecule has 0 bridgehead atoms. The Bertz CT molecular complexity index is 3420. The minimum Gasteiger partial charge on any atom is -0.490 e. The second kappa shape index (κ2) is 50.4. The van der Waals surface area contributed by atoms with Crippen molar-refractivity contribution in [2.75, 3.05) is 104 Å². The van der Waals surface area contributed by atoms with E-state index < -0.39 is 29.7 Å². The van der Waals surface area contributed by atoms with Crippen LogP contribution in [0.25, 0.3) is 36.0 Å². The van der Waals surface area contributed by atoms with Crippen molar-refractivity contribution in [3.8, 4) is 46.0 Å². The molecule has 23 heteroatoms. The largest absolute Gasteiger partial charge is 0.490 e. The van der Waals surface area contributed by atoms with Crippen LogP contribution in [0.15, 0.2) is 155 Å². The summed E-state index contributed by atoms with van der Waals surface area (Å²) in [6, 6.07) is 32.0. The van der Waals surface area contributed by atoms with Crippen LogP contribution >= 0.6 is 0 Å². The van der Waals surface area contributed by atoms with E-state index in [1.54, 1.807) is 98.2 Å². The van der Waals surface area contributed by atoms with Gasteiger partial charge in [0, 0.05) is 49.6 Å². The summed E-state index contributed by atoms with van der Waals surface area (Å²) in [6.45, 7) is 27.7. The monoisotopic (exact) mass is 1370 g/mol. The van der Waals surface area contributed by atoms with Crippen molar-refractivity contribution in [1.82, 2.24) is 0 Å². The van der Waals surface area contributed by atoms with E-state index in [2.05, 4.69) is 60.6 Å². The molecule has 6 rings (SSSR count). The van der Waals surface area contributed by atoms with E-state index >= 15 is 0 Å². The van der Waals surface area contributed by atoms with Gasteiger partial charge in [0.25, 0.3) is 0 Å². The summed E-state index contributed by atoms with van der Waals surface area (Å²) in [5, 5.41) is 0. The molecule has 0 aromatic heterocycles. The van der Waals surface area contributed by atoms with Gasteiger partial charge in [0.15, 0.2) is 69.5 Å². The number of hydrogen-bond acceptors (Lipinski definition) is 20. The first kappa shape index (κ1) is 86.0. The molecule has 0 heterocycles. The van der Waals surface area contributed by atoms with Crippen LogP contribution in [-0.2, 0) is 42.7 Å². The van der Waals surface area contributed by atoms with Gasteiger partial charge in [-0.3, -0.25) is 9.59 Å². The lowest BCUT2D eigenvalue weighted by Gasteiger charge is -2.13. The summed E-state index contributed by atoms with van der Waals surface area (Å²) >= 11 is 0. The van der Waals surface area contributed by atoms with Crippen LogP contribution < -0.4 is 37.9 Å². The zero-order chi connectivity index (χ0) is 73.3. The molecule has 0 fully saturated rings. The summed E-state index contributed by atoms with van der Waals surface area (Å²) in [4.78, 5) is 45.2. The average molecular weight is 1370 g/mol. The number of ketones is 1. The maximum Gasteiger partial charge on any atom is 0.416 e. The first-order chi connectivity index (χ1) is 47.1. The lowest BCUT2D eigenvalue weighted by atomic mass is 10.1. The molecular formula is C75H91F3O20. The molecule has 6 aromatic rings. The number of allylic oxidation sites excluding steroid dienone is 1. The molecule has 0 spiro atoms. The lowest BCUT2D eigenvalue weighted by Crippen LogP contribution is -2.09. The Morgan fingerprint density at radius 3 is 1.18 bits per heavy atom. The number of hydrogen-bond donors (Lipinski definition) is 0. The SMILES string of the molecule is C=C(c1ccc(OCOC)cc1)C(F)(F)F.C=Cc1ccc(C(=O)OC)c(OCOC)c1.C=Cc1ccc(OCOC)c(C(=O)OC)c1.C=Cc1ccc(OCOC)c(C(C)=O)c1.C=Cc1ccc(OCOC)c(OC(C)=O)c1.C=Cc1ccc(OCOC)c(OCCCCCC)c1. The standard InChI is InChI=1S/C16H24O3.3C12H14O4.C12H14O3.C11H11F3O2/c1-4-6-7-8-11-18-16-12-14(5-2)9-10-15(16)19-13-17-3;1-4-9-5-6-11(16-8-14-2)10(7-9)12(13)15-3;1-4-9-5-6-10(12(13)15-3)11(7-9)16-8-14-2;1-4-10-5-6-11(15-8-14-3)12(7-10)16-9(2)13;1-4-10-5-6-12(15-8-14-3)11(7-10)9(2)13;1-8(11(12,13)14)9-3-5-10(6-4-9)16-7-15-2/h5,9-10,12H,2,4,6-8,11,13H2,1,3H3;3*4-7H,1,8H2,2-3H3;4-7H,1,8H2,2-3H3;3-6H,1,7H2,2H3. The van der Waals surface area contributed by atoms with Gasteiger partial charge in [0.1, 0.15) is 34.1 Å². The molecule has 0 atom stereocenters. The quantitative estimate of drug-likeness (QED) is 0.0121. The molecule has 0 amide bonds. The van der Waals surface area contributed by atoms with Gasteiger partial charge in [-0.1, -0.05) is 139 Å². The normalized spacial score (nSPS) is 10.0. The van der Waals surface area contributed by atoms with Crippen molar-refractivity contribution in [3.05, 3.63) is 205 Å². The van der Waals surface area contributed by atoms with Crippen LogP contribution in [-0.4, -0.2) is 134 Å². The van der Waals surface area contributed by atoms with Gasteiger partial charge in [-0.25, -0.2) is 9.59 Å². The van der Waals surface area contributed by atoms with E-state index in [0.717, 1.165) is 40.0 Å². The van der Waals surface area contributed by atoms with Crippen LogP contribution in [0.3, 0.4) is 0 Å². The van der Waals surface area contributed by atoms with Gasteiger partial charge in [0.2, 0.25) is 0 Å². The molecule has 0 aliphatic rings. The second-order valence-corrected chi connectivity index (χ2v) is 19.5. The molecule has 0 aliphatic carbocycles. The third kappa shape index (κ3) is 33.6. The third-order valence-corrected chi connectivity index (χ3v) is 12.4. The minimum absolute atomic E-state index is 0.0252. The number of Topliss-reactive ketones (excluding diaryl/α,β-unsaturated/α-hetero) is 1. The van der Waals surface area contributed by atoms with E-state index in [0.29, 0.717) is 63.5 Å². The molecule has 0 radical (unpaired) electrons. The number of rotatable bonds is 34. The Kier molecular flexibility index (Phi) is 44.2. The fourth-order valence-electron chi connectivity index (χ4n) is 7.46. The number of carbonyl (C=O) groups is 4. The van der Waals surface area contributed by atoms with Crippen molar-refractivity contribution in [2.24, 2.45) is 0 Å². The molecule has 0 unspecified atom stereocenters. The molecule has 20 nitrogen and oxygen atoms in total. The lowest BCUT2D eigenvalue weighted by molar-refractivity contribution is -0.132. The average Bonchev–Trinajstić information content (AvgIpc) is 0.897. The summed E-state index contributed by atoms with van der Waals surface area (Å²) in [5.74, 6) is 2.80. The molecule has 0 aliphatic heterocycles. The summed E-state index contributed by atoms with van der Waals surface area (Å²) < 4.78 is 117. The first-order valence-corrected chi connectivity index (χ1v) is 30.0. The minimum atomic E-state index is -4.41. The molecule has 6 aromatic carbocycles. The summed E-state index contributed by atoms with van der Waals surface area (Å²) in [5.41, 5.74) is 4.87. The predicted molar refractivity (Wildman–Crippen MR) is 373 cm³/mol. The number of ether oxygens (including phenoxy) is 16. The molecule has 0 saturated carbocycles. The molecule has 0 N–H and O–H groups in total. The Labute approximate surface area is 573 Å². The summed E-state index contributed by atoms with van der Waals surface area (Å²) in [7, 11) is 11.8. The molecule has 98 heavy (non-hydrogen) atoms. The Morgan fingerprint density at radius 1 is 0.398 bits per heavy atom. The van der Waals surface area contributed by atoms with E-state index in [1.807, 2.05) is 30.3 Å². The van der Waals surface area contributed by atoms with Crippen molar-refractivity contribution < 1.29 is 108 Å². The topological polar surface area (TPSA) is 216 Å². The smallest absolute Gasteiger partial charge is 0.416 e. The third-order valence-electron chi connectivity index (χ3n) is 12.4. The van der Waals surface area contributed by atoms with Gasteiger partial charge >= 0.3 is 24.1 Å². The van der Waals surface area contributed by atoms with Gasteiger partial charge in [-0.15, -0.1) is 0 Å². The van der Waals surface area contributed by atoms with Gasteiger partial charge < -0.3 is 75.8 Å². The zero-order valence-corrected chi connectivity index (χ0v) is 57.7. The van der Waals surface area contributed by atoms with Crippen LogP contribution in [0.4, 0.5) is 13.2 Å². The number of esters is 3. The van der Waals surface area contributed by atoms with Crippen molar-refractivity contribution in [2.45, 2.75) is 52.6 Å². The zero-order valence-electron chi connectivity index (χ0n) is 57.7. The number of halogens is 3. The maximum absolute atomic E-state index is 12.3. The van der Waals surface area contributed by atoms with Crippen LogP contribution in [0.5, 0.6) is 46.0 Å². The van der Waals surface area contributed by atoms with Crippen molar-refractivity contribution in [1.29, 1.82) is 0 Å². The van der Waals surface area contributed by atoms with E-state index in [1.165, 1.54) is 107 Å². The number of unbranched alkanes of at least 4 members (excludes halogenated alkanes) is 3. The van der Waals surface area contributed by atoms with Gasteiger partial charge in [0.05, 0.1) is 32.0 Å². The van der Waals surface area contributed by atoms with Gasteiger partial charge in [-0.2, -0.15) is 13.2 Å². The van der Waals surface area contributed by atoms with Crippen molar-refractivity contribution in [3.63, 3.8) is 0 Å². The fraction of sp³-hybridized carbons (Fsp3) is 0.307. The van der Waals surface area contributed by atoms with Crippen LogP contribution in [0, 0.1) is 0 Å². The Morgan fingerprint density at radius 2 is 0.765 bits per heavy atom. The highest BCUT2D eigenvalue weighted by Crippen LogP contribution is 2.34. The first-order valence-electron chi connectivity index (χ1n) is 30.0. The number of methoxy groups -OCH3 is 8. The predicted octanol–water partition coefficient (Wildman–Crippen LogP) is 16.5. The Balaban J connectivity index is 0.000000589. The maximum atomic E-state index is 12.3. The van der Waals surface area contributed by atoms with E-state index in [4.69, 9.17) is 61.6 Å². The number of alkyl halides is 3. The molecule has 0 saturated heterocycles. The highest BCUT2D eigenvalue weighted by molar-refractivity contribution is 5.97. The molecule has 532 valence electrons. The fourth-order valence-corrected chi connectivity index (χ4v) is 7.46. The van der Waals surface area contributed by atoms with Gasteiger partial charge in [-0.05, 0) is 120 Å². The van der Waals surface area contributed by atoms with E-state index in [-0.39, 0.29) is 52.1 Å². The molecular weight excluding hydrogens is 1280 g/mol. The number of benzene rings is 6. The second-order valence-electron chi connectivity index (χ2n) is 19.5. The van der Waals surface area contributed by atoms with Crippen molar-refractivity contribution >= 4 is 59.6 Å².